The number of aromatic nitrogens is 1. The lowest BCUT2D eigenvalue weighted by Crippen LogP contribution is -2.33. The van der Waals surface area contributed by atoms with Crippen molar-refractivity contribution in [2.45, 2.75) is 29.4 Å². The van der Waals surface area contributed by atoms with E-state index in [-0.39, 0.29) is 28.4 Å². The van der Waals surface area contributed by atoms with Crippen LogP contribution in [-0.4, -0.2) is 22.4 Å². The summed E-state index contributed by atoms with van der Waals surface area (Å²) in [5.74, 6) is -0.520. The van der Waals surface area contributed by atoms with Gasteiger partial charge in [-0.1, -0.05) is 12.2 Å². The number of hydrogen-bond donors (Lipinski definition) is 1. The summed E-state index contributed by atoms with van der Waals surface area (Å²) in [6.07, 6.45) is 6.50. The number of amides is 1. The molecule has 0 spiro atoms. The molecule has 0 atom stereocenters. The Balaban J connectivity index is 2.12. The molecule has 1 aromatic heterocycles. The van der Waals surface area contributed by atoms with Crippen molar-refractivity contribution in [3.63, 3.8) is 0 Å². The summed E-state index contributed by atoms with van der Waals surface area (Å²) < 4.78 is 37.1. The second-order valence-electron chi connectivity index (χ2n) is 4.02. The molecule has 0 radical (unpaired) electrons. The highest BCUT2D eigenvalue weighted by Gasteiger charge is 2.32. The molecule has 0 fully saturated rings. The van der Waals surface area contributed by atoms with E-state index >= 15 is 0 Å². The number of nitrogens with zero attached hydrogens (tertiary/aromatic N) is 1. The van der Waals surface area contributed by atoms with Crippen molar-refractivity contribution in [2.24, 2.45) is 0 Å². The first-order chi connectivity index (χ1) is 8.96. The Morgan fingerprint density at radius 3 is 2.68 bits per heavy atom. The zero-order chi connectivity index (χ0) is 13.9. The Morgan fingerprint density at radius 2 is 2.05 bits per heavy atom. The first kappa shape index (κ1) is 13.9. The maximum Gasteiger partial charge on any atom is 0.447 e. The molecule has 1 N–H and O–H groups in total. The monoisotopic (exact) mass is 288 g/mol. The van der Waals surface area contributed by atoms with Gasteiger partial charge in [0.25, 0.3) is 5.91 Å². The summed E-state index contributed by atoms with van der Waals surface area (Å²) in [4.78, 5) is 15.6. The third-order valence-electron chi connectivity index (χ3n) is 2.57. The third kappa shape index (κ3) is 3.99. The lowest BCUT2D eigenvalue weighted by Gasteiger charge is -2.14. The molecule has 0 unspecified atom stereocenters. The minimum absolute atomic E-state index is 0.0447. The number of rotatable bonds is 3. The van der Waals surface area contributed by atoms with Gasteiger partial charge in [-0.2, -0.15) is 13.2 Å². The molecule has 0 bridgehead atoms. The maximum atomic E-state index is 12.4. The van der Waals surface area contributed by atoms with Gasteiger partial charge in [-0.3, -0.25) is 4.79 Å². The van der Waals surface area contributed by atoms with E-state index in [4.69, 9.17) is 0 Å². The van der Waals surface area contributed by atoms with E-state index in [0.29, 0.717) is 12.8 Å². The highest BCUT2D eigenvalue weighted by molar-refractivity contribution is 8.00. The fraction of sp³-hybridized carbons (Fsp3) is 0.333. The van der Waals surface area contributed by atoms with Gasteiger partial charge >= 0.3 is 5.51 Å². The van der Waals surface area contributed by atoms with Gasteiger partial charge in [-0.25, -0.2) is 4.98 Å². The quantitative estimate of drug-likeness (QED) is 0.686. The Bertz CT molecular complexity index is 494. The Kier molecular flexibility index (Phi) is 4.14. The van der Waals surface area contributed by atoms with Gasteiger partial charge in [0, 0.05) is 24.0 Å². The zero-order valence-electron chi connectivity index (χ0n) is 9.78. The van der Waals surface area contributed by atoms with E-state index in [1.165, 1.54) is 18.3 Å². The first-order valence-corrected chi connectivity index (χ1v) is 6.44. The molecule has 3 nitrogen and oxygen atoms in total. The number of carbonyl (C=O) groups excluding carboxylic acids is 1. The molecule has 1 amide bonds. The predicted octanol–water partition coefficient (Wildman–Crippen LogP) is 3.14. The summed E-state index contributed by atoms with van der Waals surface area (Å²) in [6.45, 7) is 0. The number of carbonyl (C=O) groups is 1. The average molecular weight is 288 g/mol. The van der Waals surface area contributed by atoms with Crippen LogP contribution in [0.1, 0.15) is 23.2 Å². The van der Waals surface area contributed by atoms with Crippen LogP contribution in [0, 0.1) is 0 Å². The van der Waals surface area contributed by atoms with Crippen LogP contribution in [0.4, 0.5) is 13.2 Å². The van der Waals surface area contributed by atoms with E-state index in [9.17, 15) is 18.0 Å². The molecule has 19 heavy (non-hydrogen) atoms. The molecule has 1 aliphatic rings. The molecule has 0 saturated heterocycles. The van der Waals surface area contributed by atoms with E-state index in [1.54, 1.807) is 0 Å². The molecule has 2 rings (SSSR count). The Morgan fingerprint density at radius 1 is 1.37 bits per heavy atom. The second kappa shape index (κ2) is 5.64. The van der Waals surface area contributed by atoms with Gasteiger partial charge in [-0.05, 0) is 25.0 Å². The minimum atomic E-state index is -4.46. The van der Waals surface area contributed by atoms with Gasteiger partial charge in [-0.15, -0.1) is 0 Å². The first-order valence-electron chi connectivity index (χ1n) is 5.62. The summed E-state index contributed by atoms with van der Waals surface area (Å²) >= 11 is -0.374. The topological polar surface area (TPSA) is 42.0 Å². The van der Waals surface area contributed by atoms with Crippen molar-refractivity contribution in [1.29, 1.82) is 0 Å². The lowest BCUT2D eigenvalue weighted by molar-refractivity contribution is -0.0329. The minimum Gasteiger partial charge on any atom is -0.349 e. The van der Waals surface area contributed by atoms with Gasteiger partial charge < -0.3 is 5.32 Å². The third-order valence-corrected chi connectivity index (χ3v) is 3.32. The normalized spacial score (nSPS) is 15.7. The molecule has 1 aromatic rings. The van der Waals surface area contributed by atoms with Gasteiger partial charge in [0.2, 0.25) is 0 Å². The predicted molar refractivity (Wildman–Crippen MR) is 65.8 cm³/mol. The van der Waals surface area contributed by atoms with Crippen molar-refractivity contribution >= 4 is 17.7 Å². The van der Waals surface area contributed by atoms with E-state index in [0.717, 1.165) is 0 Å². The Hall–Kier alpha value is -1.50. The molecule has 0 aliphatic heterocycles. The second-order valence-corrected chi connectivity index (χ2v) is 5.07. The van der Waals surface area contributed by atoms with E-state index < -0.39 is 11.4 Å². The molecule has 1 aliphatic carbocycles. The molecule has 7 heteroatoms. The number of alkyl halides is 3. The van der Waals surface area contributed by atoms with Crippen molar-refractivity contribution in [3.8, 4) is 0 Å². The number of thioether (sulfide) groups is 1. The van der Waals surface area contributed by atoms with E-state index in [1.807, 2.05) is 12.2 Å². The lowest BCUT2D eigenvalue weighted by atomic mass is 10.2. The van der Waals surface area contributed by atoms with Crippen molar-refractivity contribution in [1.82, 2.24) is 10.3 Å². The van der Waals surface area contributed by atoms with Crippen LogP contribution >= 0.6 is 11.8 Å². The molecule has 0 aromatic carbocycles. The molecule has 1 heterocycles. The van der Waals surface area contributed by atoms with Crippen molar-refractivity contribution in [2.75, 3.05) is 0 Å². The fourth-order valence-electron chi connectivity index (χ4n) is 1.75. The fourth-order valence-corrected chi connectivity index (χ4v) is 2.36. The van der Waals surface area contributed by atoms with Crippen LogP contribution in [-0.2, 0) is 0 Å². The highest BCUT2D eigenvalue weighted by Crippen LogP contribution is 2.37. The van der Waals surface area contributed by atoms with Crippen LogP contribution in [0.2, 0.25) is 0 Å². The molecule has 0 saturated carbocycles. The Labute approximate surface area is 112 Å². The number of hydrogen-bond acceptors (Lipinski definition) is 3. The summed E-state index contributed by atoms with van der Waals surface area (Å²) in [5.41, 5.74) is -4.50. The standard InChI is InChI=1S/C12H11F3N2OS/c13-12(14,15)19-11-9(6-3-7-16-11)10(18)17-8-4-1-2-5-8/h1-3,6-8H,4-5H2,(H,17,18). The summed E-state index contributed by atoms with van der Waals surface area (Å²) in [6, 6.07) is 2.75. The molecule has 102 valence electrons. The molecular formula is C12H11F3N2OS. The highest BCUT2D eigenvalue weighted by atomic mass is 32.2. The summed E-state index contributed by atoms with van der Waals surface area (Å²) in [7, 11) is 0. The van der Waals surface area contributed by atoms with Gasteiger partial charge in [0.1, 0.15) is 5.03 Å². The molecular weight excluding hydrogens is 277 g/mol. The van der Waals surface area contributed by atoms with Crippen molar-refractivity contribution < 1.29 is 18.0 Å². The summed E-state index contributed by atoms with van der Waals surface area (Å²) in [5, 5.41) is 2.38. The van der Waals surface area contributed by atoms with Crippen LogP contribution < -0.4 is 5.32 Å². The zero-order valence-corrected chi connectivity index (χ0v) is 10.6. The maximum absolute atomic E-state index is 12.4. The SMILES string of the molecule is O=C(NC1CC=CC1)c1cccnc1SC(F)(F)F. The smallest absolute Gasteiger partial charge is 0.349 e. The average Bonchev–Trinajstić information content (AvgIpc) is 2.80. The largest absolute Gasteiger partial charge is 0.447 e. The van der Waals surface area contributed by atoms with E-state index in [2.05, 4.69) is 10.3 Å². The van der Waals surface area contributed by atoms with Crippen molar-refractivity contribution in [3.05, 3.63) is 36.0 Å². The number of pyridine rings is 1. The number of nitrogens with one attached hydrogen (secondary N) is 1. The van der Waals surface area contributed by atoms with Crippen LogP contribution in [0.3, 0.4) is 0 Å². The van der Waals surface area contributed by atoms with Gasteiger partial charge in [0.05, 0.1) is 5.56 Å². The number of halogens is 3. The van der Waals surface area contributed by atoms with Crippen LogP contribution in [0.25, 0.3) is 0 Å². The van der Waals surface area contributed by atoms with Crippen LogP contribution in [0.5, 0.6) is 0 Å². The van der Waals surface area contributed by atoms with Gasteiger partial charge in [0.15, 0.2) is 0 Å². The van der Waals surface area contributed by atoms with Crippen LogP contribution in [0.15, 0.2) is 35.5 Å².